The van der Waals surface area contributed by atoms with Crippen molar-refractivity contribution in [3.63, 3.8) is 0 Å². The minimum Gasteiger partial charge on any atom is -0.495 e. The first-order valence-electron chi connectivity index (χ1n) is 16.4. The molecule has 0 saturated carbocycles. The molecule has 0 bridgehead atoms. The Morgan fingerprint density at radius 1 is 1.09 bits per heavy atom. The Balaban J connectivity index is 1.73. The zero-order chi connectivity index (χ0) is 39.4. The van der Waals surface area contributed by atoms with E-state index in [9.17, 15) is 24.4 Å². The number of carbonyl (C=O) groups is 4. The standard InChI is InChI=1S/C37H38Cl2F2N4O8/c1-7-45(34(48)49)35(50)53-19(2)52-33(47)20-11-14-26(27(15-20)51-6)43-32(46)31-29(22-9-8-10-24(39)30(22)41)37(18-42,28(44-31)17-36(3,4)5)23-13-12-21(38)16-25(23)40/h8-16,19,28-29,31,44H,7,17H2,1-6H3,(H,43,46)(H,48,49)/t19?,28-,29-,31+,37-/m0/s1. The monoisotopic (exact) mass is 774 g/mol. The van der Waals surface area contributed by atoms with Gasteiger partial charge in [-0.05, 0) is 60.7 Å². The molecule has 12 nitrogen and oxygen atoms in total. The molecule has 1 aliphatic heterocycles. The number of rotatable bonds is 10. The van der Waals surface area contributed by atoms with Gasteiger partial charge < -0.3 is 30.0 Å². The van der Waals surface area contributed by atoms with Gasteiger partial charge in [0.1, 0.15) is 22.8 Å². The average molecular weight is 776 g/mol. The number of halogens is 4. The highest BCUT2D eigenvalue weighted by atomic mass is 35.5. The summed E-state index contributed by atoms with van der Waals surface area (Å²) in [5, 5.41) is 25.9. The van der Waals surface area contributed by atoms with Crippen LogP contribution in [0.5, 0.6) is 5.75 Å². The Kier molecular flexibility index (Phi) is 12.6. The number of nitrogens with zero attached hydrogens (tertiary/aromatic N) is 2. The van der Waals surface area contributed by atoms with Gasteiger partial charge in [-0.3, -0.25) is 4.79 Å². The summed E-state index contributed by atoms with van der Waals surface area (Å²) < 4.78 is 47.4. The molecule has 53 heavy (non-hydrogen) atoms. The Bertz CT molecular complexity index is 1950. The van der Waals surface area contributed by atoms with Crippen LogP contribution in [-0.4, -0.2) is 66.1 Å². The Labute approximate surface area is 314 Å². The predicted molar refractivity (Wildman–Crippen MR) is 191 cm³/mol. The molecule has 3 aromatic carbocycles. The predicted octanol–water partition coefficient (Wildman–Crippen LogP) is 7.88. The van der Waals surface area contributed by atoms with Crippen LogP contribution in [0.15, 0.2) is 54.6 Å². The number of nitrogens with one attached hydrogen (secondary N) is 2. The maximum absolute atomic E-state index is 16.0. The number of anilines is 1. The van der Waals surface area contributed by atoms with E-state index in [4.69, 9.17) is 42.5 Å². The number of hydrogen-bond acceptors (Lipinski definition) is 9. The number of ether oxygens (including phenoxy) is 3. The van der Waals surface area contributed by atoms with Crippen molar-refractivity contribution in [2.24, 2.45) is 5.41 Å². The average Bonchev–Trinajstić information content (AvgIpc) is 3.38. The quantitative estimate of drug-likeness (QED) is 0.136. The molecule has 3 amide bonds. The van der Waals surface area contributed by atoms with Crippen molar-refractivity contribution in [2.75, 3.05) is 19.0 Å². The first-order valence-corrected chi connectivity index (χ1v) is 17.1. The highest BCUT2D eigenvalue weighted by molar-refractivity contribution is 6.31. The van der Waals surface area contributed by atoms with Gasteiger partial charge in [-0.2, -0.15) is 5.26 Å². The van der Waals surface area contributed by atoms with E-state index in [1.807, 2.05) is 20.8 Å². The van der Waals surface area contributed by atoms with Gasteiger partial charge in [0.25, 0.3) is 0 Å². The highest BCUT2D eigenvalue weighted by Gasteiger charge is 2.61. The van der Waals surface area contributed by atoms with Crippen molar-refractivity contribution in [3.05, 3.63) is 93.0 Å². The molecule has 0 aliphatic carbocycles. The van der Waals surface area contributed by atoms with E-state index in [0.29, 0.717) is 4.90 Å². The molecule has 1 unspecified atom stereocenters. The number of imide groups is 1. The molecule has 3 N–H and O–H groups in total. The van der Waals surface area contributed by atoms with E-state index in [2.05, 4.69) is 16.7 Å². The Hall–Kier alpha value is -4.97. The smallest absolute Gasteiger partial charge is 0.422 e. The van der Waals surface area contributed by atoms with Gasteiger partial charge in [0.15, 0.2) is 0 Å². The zero-order valence-corrected chi connectivity index (χ0v) is 31.1. The molecule has 1 saturated heterocycles. The molecule has 1 fully saturated rings. The summed E-state index contributed by atoms with van der Waals surface area (Å²) in [6.07, 6.45) is -4.00. The molecule has 1 aliphatic rings. The van der Waals surface area contributed by atoms with E-state index in [-0.39, 0.29) is 51.1 Å². The fourth-order valence-corrected chi connectivity index (χ4v) is 6.82. The molecule has 282 valence electrons. The van der Waals surface area contributed by atoms with Gasteiger partial charge >= 0.3 is 18.2 Å². The lowest BCUT2D eigenvalue weighted by Gasteiger charge is -2.37. The van der Waals surface area contributed by atoms with Crippen LogP contribution < -0.4 is 15.4 Å². The summed E-state index contributed by atoms with van der Waals surface area (Å²) in [5.41, 5.74) is -2.51. The summed E-state index contributed by atoms with van der Waals surface area (Å²) >= 11 is 12.3. The number of hydrogen-bond donors (Lipinski definition) is 3. The third-order valence-corrected chi connectivity index (χ3v) is 9.26. The van der Waals surface area contributed by atoms with Gasteiger partial charge in [0.05, 0.1) is 35.5 Å². The number of methoxy groups -OCH3 is 1. The summed E-state index contributed by atoms with van der Waals surface area (Å²) in [6, 6.07) is 11.9. The Morgan fingerprint density at radius 3 is 2.38 bits per heavy atom. The zero-order valence-electron chi connectivity index (χ0n) is 29.6. The van der Waals surface area contributed by atoms with Crippen molar-refractivity contribution < 1.29 is 47.3 Å². The largest absolute Gasteiger partial charge is 0.495 e. The van der Waals surface area contributed by atoms with Gasteiger partial charge in [-0.15, -0.1) is 0 Å². The third-order valence-electron chi connectivity index (χ3n) is 8.73. The van der Waals surface area contributed by atoms with Crippen molar-refractivity contribution in [2.45, 2.75) is 70.7 Å². The molecular formula is C37H38Cl2F2N4O8. The first-order chi connectivity index (χ1) is 24.9. The van der Waals surface area contributed by atoms with Crippen LogP contribution >= 0.6 is 23.2 Å². The highest BCUT2D eigenvalue weighted by Crippen LogP contribution is 2.53. The van der Waals surface area contributed by atoms with Crippen LogP contribution in [0, 0.1) is 28.4 Å². The van der Waals surface area contributed by atoms with Gasteiger partial charge in [0.2, 0.25) is 12.2 Å². The lowest BCUT2D eigenvalue weighted by molar-refractivity contribution is -0.118. The van der Waals surface area contributed by atoms with Gasteiger partial charge in [-0.25, -0.2) is 28.1 Å². The first kappa shape index (κ1) is 40.8. The molecule has 16 heteroatoms. The Morgan fingerprint density at radius 2 is 1.79 bits per heavy atom. The van der Waals surface area contributed by atoms with E-state index in [0.717, 1.165) is 6.07 Å². The van der Waals surface area contributed by atoms with Gasteiger partial charge in [-0.1, -0.05) is 62.2 Å². The maximum atomic E-state index is 16.0. The molecule has 0 radical (unpaired) electrons. The second-order valence-corrected chi connectivity index (χ2v) is 14.3. The summed E-state index contributed by atoms with van der Waals surface area (Å²) in [7, 11) is 1.27. The van der Waals surface area contributed by atoms with Crippen molar-refractivity contribution in [3.8, 4) is 11.8 Å². The SMILES string of the molecule is CCN(C(=O)O)C(=O)OC(C)OC(=O)c1ccc(NC(=O)[C@@H]2N[C@@H](CC(C)(C)C)[C@](C#N)(c3ccc(Cl)cc3F)[C@H]2c2cccc(Cl)c2F)c(OC)c1. The van der Waals surface area contributed by atoms with Crippen LogP contribution in [-0.2, 0) is 19.7 Å². The van der Waals surface area contributed by atoms with Crippen LogP contribution in [0.3, 0.4) is 0 Å². The summed E-state index contributed by atoms with van der Waals surface area (Å²) in [5.74, 6) is -4.75. The number of nitriles is 1. The minimum atomic E-state index is -1.86. The van der Waals surface area contributed by atoms with E-state index in [1.165, 1.54) is 69.5 Å². The van der Waals surface area contributed by atoms with E-state index < -0.39 is 70.8 Å². The lowest BCUT2D eigenvalue weighted by atomic mass is 9.62. The van der Waals surface area contributed by atoms with Crippen molar-refractivity contribution >= 4 is 53.0 Å². The topological polar surface area (TPSA) is 167 Å². The molecule has 1 heterocycles. The molecule has 4 rings (SSSR count). The van der Waals surface area contributed by atoms with Crippen molar-refractivity contribution in [1.29, 1.82) is 5.26 Å². The van der Waals surface area contributed by atoms with E-state index in [1.54, 1.807) is 0 Å². The van der Waals surface area contributed by atoms with Crippen LogP contribution in [0.4, 0.5) is 24.1 Å². The number of benzene rings is 3. The molecule has 3 aromatic rings. The summed E-state index contributed by atoms with van der Waals surface area (Å²) in [6.45, 7) is 8.17. The summed E-state index contributed by atoms with van der Waals surface area (Å²) in [4.78, 5) is 50.9. The molecule has 5 atom stereocenters. The maximum Gasteiger partial charge on any atom is 0.422 e. The van der Waals surface area contributed by atoms with E-state index >= 15 is 8.78 Å². The number of carboxylic acid groups (broad SMARTS) is 1. The second-order valence-electron chi connectivity index (χ2n) is 13.5. The number of amides is 3. The second kappa shape index (κ2) is 16.4. The van der Waals surface area contributed by atoms with Crippen LogP contribution in [0.1, 0.15) is 68.4 Å². The molecular weight excluding hydrogens is 737 g/mol. The minimum absolute atomic E-state index is 0.00880. The lowest BCUT2D eigenvalue weighted by Crippen LogP contribution is -2.45. The third kappa shape index (κ3) is 8.64. The molecule has 0 spiro atoms. The fraction of sp³-hybridized carbons (Fsp3) is 0.378. The number of carbonyl (C=O) groups excluding carboxylic acids is 3. The number of esters is 1. The normalized spacial score (nSPS) is 20.1. The fourth-order valence-electron chi connectivity index (χ4n) is 6.48. The van der Waals surface area contributed by atoms with Crippen LogP contribution in [0.2, 0.25) is 10.0 Å². The van der Waals surface area contributed by atoms with Crippen LogP contribution in [0.25, 0.3) is 0 Å². The molecule has 0 aromatic heterocycles. The van der Waals surface area contributed by atoms with Crippen molar-refractivity contribution in [1.82, 2.24) is 10.2 Å². The van der Waals surface area contributed by atoms with Gasteiger partial charge in [0, 0.05) is 36.0 Å².